The number of allylic oxidation sites excluding steroid dienone is 1. The third-order valence-electron chi connectivity index (χ3n) is 3.33. The van der Waals surface area contributed by atoms with Gasteiger partial charge in [0, 0.05) is 19.5 Å². The van der Waals surface area contributed by atoms with E-state index in [1.807, 2.05) is 0 Å². The van der Waals surface area contributed by atoms with Gasteiger partial charge in [0.2, 0.25) is 5.91 Å². The Morgan fingerprint density at radius 2 is 1.74 bits per heavy atom. The molecule has 0 saturated heterocycles. The number of ether oxygens (including phenoxy) is 1. The lowest BCUT2D eigenvalue weighted by atomic mass is 10.1. The van der Waals surface area contributed by atoms with E-state index in [9.17, 15) is 19.5 Å². The number of hydrogen-bond acceptors (Lipinski definition) is 5. The van der Waals surface area contributed by atoms with Crippen LogP contribution in [0.2, 0.25) is 0 Å². The normalized spacial score (nSPS) is 13.0. The number of nitrogens with one attached hydrogen (secondary N) is 3. The highest BCUT2D eigenvalue weighted by Crippen LogP contribution is 2.08. The first-order valence-corrected chi connectivity index (χ1v) is 9.04. The minimum absolute atomic E-state index is 0.109. The molecule has 2 atom stereocenters. The van der Waals surface area contributed by atoms with E-state index in [2.05, 4.69) is 29.1 Å². The predicted molar refractivity (Wildman–Crippen MR) is 104 cm³/mol. The van der Waals surface area contributed by atoms with Gasteiger partial charge in [-0.15, -0.1) is 13.2 Å². The van der Waals surface area contributed by atoms with Gasteiger partial charge in [-0.3, -0.25) is 9.59 Å². The van der Waals surface area contributed by atoms with Crippen LogP contribution in [0, 0.1) is 0 Å². The number of aliphatic hydroxyl groups excluding tert-OH is 1. The van der Waals surface area contributed by atoms with Gasteiger partial charge in [-0.2, -0.15) is 0 Å². The second kappa shape index (κ2) is 12.9. The molecule has 4 N–H and O–H groups in total. The van der Waals surface area contributed by atoms with Crippen molar-refractivity contribution in [2.75, 3.05) is 13.1 Å². The summed E-state index contributed by atoms with van der Waals surface area (Å²) in [6.07, 6.45) is 3.11. The molecule has 0 aromatic rings. The summed E-state index contributed by atoms with van der Waals surface area (Å²) in [5, 5.41) is 17.8. The van der Waals surface area contributed by atoms with E-state index in [0.717, 1.165) is 12.8 Å². The first-order chi connectivity index (χ1) is 12.6. The highest BCUT2D eigenvalue weighted by Gasteiger charge is 2.28. The minimum Gasteiger partial charge on any atom is -0.444 e. The molecule has 0 heterocycles. The van der Waals surface area contributed by atoms with Crippen molar-refractivity contribution >= 4 is 17.9 Å². The number of hydrogen-bond donors (Lipinski definition) is 4. The van der Waals surface area contributed by atoms with Gasteiger partial charge in [0.15, 0.2) is 6.10 Å². The van der Waals surface area contributed by atoms with E-state index in [0.29, 0.717) is 6.42 Å². The minimum atomic E-state index is -1.47. The van der Waals surface area contributed by atoms with Crippen molar-refractivity contribution in [2.24, 2.45) is 0 Å². The number of carbonyl (C=O) groups is 3. The number of amides is 3. The Balaban J connectivity index is 4.35. The fourth-order valence-corrected chi connectivity index (χ4v) is 2.08. The van der Waals surface area contributed by atoms with Crippen LogP contribution in [0.4, 0.5) is 4.79 Å². The zero-order chi connectivity index (χ0) is 20.9. The zero-order valence-electron chi connectivity index (χ0n) is 16.5. The van der Waals surface area contributed by atoms with Crippen LogP contribution in [0.15, 0.2) is 25.3 Å². The summed E-state index contributed by atoms with van der Waals surface area (Å²) in [5.41, 5.74) is -0.695. The van der Waals surface area contributed by atoms with Crippen LogP contribution in [-0.4, -0.2) is 53.9 Å². The standard InChI is InChI=1S/C19H33N3O5/c1-6-8-9-11-15(23)20-12-13-21-17(25)16(24)14(10-7-2)22-18(26)27-19(3,4)5/h6-7,14,16,24H,1-2,8-13H2,3-5H3,(H,20,23)(H,21,25)(H,22,26). The Bertz CT molecular complexity index is 514. The molecule has 3 amide bonds. The van der Waals surface area contributed by atoms with Crippen molar-refractivity contribution in [3.05, 3.63) is 25.3 Å². The van der Waals surface area contributed by atoms with Crippen molar-refractivity contribution in [3.63, 3.8) is 0 Å². The van der Waals surface area contributed by atoms with E-state index in [4.69, 9.17) is 4.74 Å². The van der Waals surface area contributed by atoms with Crippen molar-refractivity contribution in [3.8, 4) is 0 Å². The summed E-state index contributed by atoms with van der Waals surface area (Å²) < 4.78 is 5.13. The molecule has 0 fully saturated rings. The largest absolute Gasteiger partial charge is 0.444 e. The lowest BCUT2D eigenvalue weighted by molar-refractivity contribution is -0.130. The Morgan fingerprint density at radius 3 is 2.30 bits per heavy atom. The lowest BCUT2D eigenvalue weighted by Crippen LogP contribution is -2.52. The summed E-state index contributed by atoms with van der Waals surface area (Å²) >= 11 is 0. The summed E-state index contributed by atoms with van der Waals surface area (Å²) in [4.78, 5) is 35.5. The molecule has 8 heteroatoms. The number of aliphatic hydroxyl groups is 1. The maximum Gasteiger partial charge on any atom is 0.407 e. The van der Waals surface area contributed by atoms with Crippen LogP contribution < -0.4 is 16.0 Å². The van der Waals surface area contributed by atoms with E-state index in [1.165, 1.54) is 6.08 Å². The molecule has 0 saturated carbocycles. The number of carbonyl (C=O) groups excluding carboxylic acids is 3. The van der Waals surface area contributed by atoms with Crippen molar-refractivity contribution in [1.82, 2.24) is 16.0 Å². The third-order valence-corrected chi connectivity index (χ3v) is 3.33. The molecular weight excluding hydrogens is 350 g/mol. The Kier molecular flexibility index (Phi) is 11.8. The fourth-order valence-electron chi connectivity index (χ4n) is 2.08. The molecule has 27 heavy (non-hydrogen) atoms. The van der Waals surface area contributed by atoms with Crippen LogP contribution >= 0.6 is 0 Å². The van der Waals surface area contributed by atoms with Crippen molar-refractivity contribution in [1.29, 1.82) is 0 Å². The Hall–Kier alpha value is -2.35. The van der Waals surface area contributed by atoms with Crippen LogP contribution in [0.5, 0.6) is 0 Å². The second-order valence-corrected chi connectivity index (χ2v) is 7.04. The molecule has 0 spiro atoms. The summed E-state index contributed by atoms with van der Waals surface area (Å²) in [5.74, 6) is -0.762. The van der Waals surface area contributed by atoms with Gasteiger partial charge in [-0.1, -0.05) is 12.2 Å². The number of rotatable bonds is 12. The van der Waals surface area contributed by atoms with Gasteiger partial charge in [0.25, 0.3) is 5.91 Å². The van der Waals surface area contributed by atoms with Gasteiger partial charge in [0.1, 0.15) is 5.60 Å². The molecule has 2 unspecified atom stereocenters. The summed E-state index contributed by atoms with van der Waals surface area (Å²) in [6, 6.07) is -0.870. The van der Waals surface area contributed by atoms with E-state index < -0.39 is 29.7 Å². The maximum absolute atomic E-state index is 12.1. The summed E-state index contributed by atoms with van der Waals surface area (Å²) in [7, 11) is 0. The van der Waals surface area contributed by atoms with Gasteiger partial charge in [0.05, 0.1) is 6.04 Å². The number of unbranched alkanes of at least 4 members (excludes halogenated alkanes) is 1. The molecule has 0 rings (SSSR count). The average molecular weight is 383 g/mol. The molecular formula is C19H33N3O5. The van der Waals surface area contributed by atoms with Gasteiger partial charge in [-0.25, -0.2) is 4.79 Å². The molecule has 0 radical (unpaired) electrons. The number of alkyl carbamates (subject to hydrolysis) is 1. The van der Waals surface area contributed by atoms with Gasteiger partial charge < -0.3 is 25.8 Å². The Morgan fingerprint density at radius 1 is 1.11 bits per heavy atom. The molecule has 0 aromatic carbocycles. The van der Waals surface area contributed by atoms with Crippen LogP contribution in [0.25, 0.3) is 0 Å². The third kappa shape index (κ3) is 12.6. The monoisotopic (exact) mass is 383 g/mol. The fraction of sp³-hybridized carbons (Fsp3) is 0.632. The molecule has 0 aliphatic heterocycles. The van der Waals surface area contributed by atoms with Gasteiger partial charge in [-0.05, 0) is 40.0 Å². The SMILES string of the molecule is C=CCCCC(=O)NCCNC(=O)C(O)C(CC=C)NC(=O)OC(C)(C)C. The van der Waals surface area contributed by atoms with Crippen molar-refractivity contribution < 1.29 is 24.2 Å². The highest BCUT2D eigenvalue weighted by atomic mass is 16.6. The predicted octanol–water partition coefficient (Wildman–Crippen LogP) is 1.41. The topological polar surface area (TPSA) is 117 Å². The maximum atomic E-state index is 12.1. The first kappa shape index (κ1) is 24.7. The van der Waals surface area contributed by atoms with E-state index in [-0.39, 0.29) is 25.4 Å². The smallest absolute Gasteiger partial charge is 0.407 e. The average Bonchev–Trinajstić information content (AvgIpc) is 2.56. The quantitative estimate of drug-likeness (QED) is 0.300. The molecule has 0 bridgehead atoms. The van der Waals surface area contributed by atoms with Crippen LogP contribution in [0.1, 0.15) is 46.5 Å². The first-order valence-electron chi connectivity index (χ1n) is 9.04. The van der Waals surface area contributed by atoms with Crippen LogP contribution in [0.3, 0.4) is 0 Å². The zero-order valence-corrected chi connectivity index (χ0v) is 16.5. The van der Waals surface area contributed by atoms with E-state index >= 15 is 0 Å². The lowest BCUT2D eigenvalue weighted by Gasteiger charge is -2.25. The summed E-state index contributed by atoms with van der Waals surface area (Å²) in [6.45, 7) is 12.7. The van der Waals surface area contributed by atoms with Crippen molar-refractivity contribution in [2.45, 2.75) is 64.2 Å². The Labute approximate surface area is 161 Å². The molecule has 8 nitrogen and oxygen atoms in total. The second-order valence-electron chi connectivity index (χ2n) is 7.04. The van der Waals surface area contributed by atoms with E-state index in [1.54, 1.807) is 26.8 Å². The highest BCUT2D eigenvalue weighted by molar-refractivity contribution is 5.82. The van der Waals surface area contributed by atoms with Gasteiger partial charge >= 0.3 is 6.09 Å². The molecule has 0 aliphatic carbocycles. The molecule has 0 aliphatic rings. The molecule has 154 valence electrons. The molecule has 0 aromatic heterocycles. The van der Waals surface area contributed by atoms with Crippen LogP contribution in [-0.2, 0) is 14.3 Å².